The van der Waals surface area contributed by atoms with E-state index in [2.05, 4.69) is 16.7 Å². The van der Waals surface area contributed by atoms with Crippen molar-refractivity contribution in [2.75, 3.05) is 19.7 Å². The van der Waals surface area contributed by atoms with Crippen LogP contribution in [0.3, 0.4) is 0 Å². The second-order valence-corrected chi connectivity index (χ2v) is 5.61. The van der Waals surface area contributed by atoms with Crippen LogP contribution in [0.4, 0.5) is 0 Å². The van der Waals surface area contributed by atoms with E-state index in [4.69, 9.17) is 16.3 Å². The lowest BCUT2D eigenvalue weighted by atomic mass is 10.3. The largest absolute Gasteiger partial charge is 0.354 e. The molecule has 8 nitrogen and oxygen atoms in total. The first kappa shape index (κ1) is 18.2. The average molecular weight is 354 g/mol. The van der Waals surface area contributed by atoms with E-state index in [0.29, 0.717) is 43.8 Å². The monoisotopic (exact) mass is 353 g/mol. The highest BCUT2D eigenvalue weighted by molar-refractivity contribution is 6.29. The molecule has 1 aromatic heterocycles. The maximum atomic E-state index is 10.9. The first-order valence-electron chi connectivity index (χ1n) is 7.62. The van der Waals surface area contributed by atoms with Crippen LogP contribution in [0.25, 0.3) is 0 Å². The van der Waals surface area contributed by atoms with Crippen molar-refractivity contribution in [1.29, 1.82) is 0 Å². The molecule has 0 saturated carbocycles. The highest BCUT2D eigenvalue weighted by Crippen LogP contribution is 2.19. The number of halogens is 1. The molecule has 130 valence electrons. The van der Waals surface area contributed by atoms with Crippen LogP contribution in [-0.2, 0) is 11.3 Å². The lowest BCUT2D eigenvalue weighted by Crippen LogP contribution is -2.42. The summed E-state index contributed by atoms with van der Waals surface area (Å²) < 4.78 is 5.70. The van der Waals surface area contributed by atoms with Gasteiger partial charge < -0.3 is 14.5 Å². The number of nitro groups is 1. The lowest BCUT2D eigenvalue weighted by Gasteiger charge is -2.28. The summed E-state index contributed by atoms with van der Waals surface area (Å²) in [6.45, 7) is 7.65. The molecule has 0 amide bonds. The molecule has 1 saturated heterocycles. The molecule has 1 aliphatic heterocycles. The van der Waals surface area contributed by atoms with Gasteiger partial charge in [0.05, 0.1) is 6.61 Å². The first-order valence-corrected chi connectivity index (χ1v) is 8.00. The molecule has 0 spiro atoms. The molecule has 1 aliphatic rings. The van der Waals surface area contributed by atoms with Crippen molar-refractivity contribution < 1.29 is 9.77 Å². The number of guanidine groups is 1. The number of ether oxygens (including phenoxy) is 1. The number of hydrogen-bond acceptors (Lipinski definition) is 4. The molecule has 24 heavy (non-hydrogen) atoms. The zero-order valence-electron chi connectivity index (χ0n) is 13.5. The van der Waals surface area contributed by atoms with Crippen molar-refractivity contribution in [2.45, 2.75) is 26.1 Å². The summed E-state index contributed by atoms with van der Waals surface area (Å²) in [5.74, 6) is 0.297. The molecule has 0 aromatic carbocycles. The maximum Gasteiger partial charge on any atom is 0.276 e. The van der Waals surface area contributed by atoms with E-state index >= 15 is 0 Å². The Labute approximate surface area is 145 Å². The van der Waals surface area contributed by atoms with Gasteiger partial charge in [0, 0.05) is 25.8 Å². The Bertz CT molecular complexity index is 608. The number of hydrazone groups is 1. The molecule has 0 aliphatic carbocycles. The molecule has 1 aromatic rings. The number of pyridine rings is 1. The van der Waals surface area contributed by atoms with Crippen LogP contribution in [0.1, 0.15) is 18.9 Å². The van der Waals surface area contributed by atoms with Crippen LogP contribution in [0, 0.1) is 10.1 Å². The van der Waals surface area contributed by atoms with Crippen molar-refractivity contribution in [1.82, 2.24) is 14.8 Å². The minimum atomic E-state index is -0.680. The summed E-state index contributed by atoms with van der Waals surface area (Å²) in [4.78, 5) is 18.6. The quantitative estimate of drug-likeness (QED) is 0.309. The van der Waals surface area contributed by atoms with Crippen molar-refractivity contribution >= 4 is 17.6 Å². The Morgan fingerprint density at radius 2 is 2.38 bits per heavy atom. The Morgan fingerprint density at radius 3 is 2.96 bits per heavy atom. The van der Waals surface area contributed by atoms with Crippen molar-refractivity contribution in [2.24, 2.45) is 5.10 Å². The highest BCUT2D eigenvalue weighted by atomic mass is 35.5. The van der Waals surface area contributed by atoms with Crippen LogP contribution >= 0.6 is 11.6 Å². The fourth-order valence-corrected chi connectivity index (χ4v) is 2.67. The van der Waals surface area contributed by atoms with Gasteiger partial charge in [-0.3, -0.25) is 0 Å². The van der Waals surface area contributed by atoms with E-state index in [1.54, 1.807) is 18.3 Å². The zero-order valence-corrected chi connectivity index (χ0v) is 14.2. The normalized spacial score (nSPS) is 17.3. The predicted octanol–water partition coefficient (Wildman–Crippen LogP) is 2.34. The second kappa shape index (κ2) is 8.60. The molecule has 0 radical (unpaired) electrons. The number of hydrogen-bond donors (Lipinski definition) is 0. The minimum absolute atomic E-state index is 0.282. The summed E-state index contributed by atoms with van der Waals surface area (Å²) in [6, 6.07) is 3.53. The molecule has 2 heterocycles. The Morgan fingerprint density at radius 1 is 1.58 bits per heavy atom. The SMILES string of the molecule is C=CCOC(CC)N1CCN(Cc2ccc(Cl)nc2)C1=N[N+](=O)[O-]. The third-order valence-electron chi connectivity index (χ3n) is 3.59. The van der Waals surface area contributed by atoms with Gasteiger partial charge >= 0.3 is 0 Å². The van der Waals surface area contributed by atoms with Gasteiger partial charge in [-0.2, -0.15) is 0 Å². The van der Waals surface area contributed by atoms with Gasteiger partial charge in [0.25, 0.3) is 5.96 Å². The Balaban J connectivity index is 2.18. The van der Waals surface area contributed by atoms with Gasteiger partial charge in [-0.05, 0) is 18.1 Å². The zero-order chi connectivity index (χ0) is 17.5. The lowest BCUT2D eigenvalue weighted by molar-refractivity contribution is -0.486. The smallest absolute Gasteiger partial charge is 0.276 e. The molecular weight excluding hydrogens is 334 g/mol. The fourth-order valence-electron chi connectivity index (χ4n) is 2.55. The second-order valence-electron chi connectivity index (χ2n) is 5.23. The number of nitrogens with zero attached hydrogens (tertiary/aromatic N) is 5. The van der Waals surface area contributed by atoms with E-state index in [1.807, 2.05) is 22.8 Å². The first-order chi connectivity index (χ1) is 11.5. The van der Waals surface area contributed by atoms with Crippen LogP contribution in [-0.4, -0.2) is 51.7 Å². The van der Waals surface area contributed by atoms with Gasteiger partial charge in [-0.25, -0.2) is 15.1 Å². The predicted molar refractivity (Wildman–Crippen MR) is 91.0 cm³/mol. The van der Waals surface area contributed by atoms with Gasteiger partial charge in [0.1, 0.15) is 16.5 Å². The van der Waals surface area contributed by atoms with Crippen molar-refractivity contribution in [3.63, 3.8) is 0 Å². The Kier molecular flexibility index (Phi) is 6.51. The van der Waals surface area contributed by atoms with Crippen LogP contribution in [0.5, 0.6) is 0 Å². The molecule has 1 fully saturated rings. The van der Waals surface area contributed by atoms with Gasteiger partial charge in [0.15, 0.2) is 5.03 Å². The Hall–Kier alpha value is -2.19. The van der Waals surface area contributed by atoms with Crippen LogP contribution in [0.2, 0.25) is 5.15 Å². The van der Waals surface area contributed by atoms with E-state index in [1.165, 1.54) is 0 Å². The average Bonchev–Trinajstić information content (AvgIpc) is 2.93. The molecule has 0 bridgehead atoms. The fraction of sp³-hybridized carbons (Fsp3) is 0.467. The molecule has 0 N–H and O–H groups in total. The summed E-state index contributed by atoms with van der Waals surface area (Å²) in [5, 5.41) is 14.2. The third-order valence-corrected chi connectivity index (χ3v) is 3.81. The van der Waals surface area contributed by atoms with Gasteiger partial charge in [-0.1, -0.05) is 30.7 Å². The van der Waals surface area contributed by atoms with Crippen LogP contribution in [0.15, 0.2) is 36.1 Å². The topological polar surface area (TPSA) is 84.1 Å². The van der Waals surface area contributed by atoms with E-state index in [0.717, 1.165) is 5.56 Å². The number of aromatic nitrogens is 1. The van der Waals surface area contributed by atoms with Crippen molar-refractivity contribution in [3.05, 3.63) is 51.8 Å². The minimum Gasteiger partial charge on any atom is -0.354 e. The third kappa shape index (κ3) is 4.65. The molecular formula is C15H20ClN5O3. The van der Waals surface area contributed by atoms with E-state index in [9.17, 15) is 10.1 Å². The standard InChI is InChI=1S/C15H20ClN5O3/c1-3-9-24-14(4-2)20-8-7-19(15(20)18-21(22)23)11-12-5-6-13(16)17-10-12/h3,5-6,10,14H,1,4,7-9,11H2,2H3. The molecule has 9 heteroatoms. The summed E-state index contributed by atoms with van der Waals surface area (Å²) in [5.41, 5.74) is 0.900. The summed E-state index contributed by atoms with van der Waals surface area (Å²) >= 11 is 5.79. The molecule has 2 rings (SSSR count). The molecule has 1 unspecified atom stereocenters. The molecule has 1 atom stereocenters. The van der Waals surface area contributed by atoms with Gasteiger partial charge in [0.2, 0.25) is 0 Å². The van der Waals surface area contributed by atoms with E-state index < -0.39 is 5.03 Å². The van der Waals surface area contributed by atoms with E-state index in [-0.39, 0.29) is 6.23 Å². The van der Waals surface area contributed by atoms with Gasteiger partial charge in [-0.15, -0.1) is 6.58 Å². The maximum absolute atomic E-state index is 10.9. The summed E-state index contributed by atoms with van der Waals surface area (Å²) in [6.07, 6.45) is 3.71. The highest BCUT2D eigenvalue weighted by Gasteiger charge is 2.34. The van der Waals surface area contributed by atoms with Crippen molar-refractivity contribution in [3.8, 4) is 0 Å². The number of rotatable bonds is 8. The van der Waals surface area contributed by atoms with Crippen LogP contribution < -0.4 is 0 Å². The summed E-state index contributed by atoms with van der Waals surface area (Å²) in [7, 11) is 0.